The molecule has 254 valence electrons. The lowest BCUT2D eigenvalue weighted by Gasteiger charge is -2.39. The van der Waals surface area contributed by atoms with Gasteiger partial charge < -0.3 is 50.1 Å². The largest absolute Gasteiger partial charge is 0.463 e. The van der Waals surface area contributed by atoms with Crippen molar-refractivity contribution in [3.05, 3.63) is 11.6 Å². The smallest absolute Gasteiger partial charge is 0.333 e. The second-order valence-electron chi connectivity index (χ2n) is 11.0. The zero-order valence-electron chi connectivity index (χ0n) is 26.9. The first-order chi connectivity index (χ1) is 21.4. The fourth-order valence-electron chi connectivity index (χ4n) is 4.70. The van der Waals surface area contributed by atoms with Crippen LogP contribution < -0.4 is 21.7 Å². The Morgan fingerprint density at radius 1 is 0.886 bits per heavy atom. The average Bonchev–Trinajstić information content (AvgIpc) is 3.83. The Bertz CT molecular complexity index is 852. The fourth-order valence-corrected chi connectivity index (χ4v) is 4.70. The molecular formula is C31H56N4O9. The van der Waals surface area contributed by atoms with Gasteiger partial charge in [-0.05, 0) is 58.1 Å². The van der Waals surface area contributed by atoms with E-state index in [1.165, 1.54) is 0 Å². The Labute approximate surface area is 262 Å². The number of nitrogens with one attached hydrogen (secondary N) is 3. The van der Waals surface area contributed by atoms with Gasteiger partial charge in [0.15, 0.2) is 0 Å². The first-order valence-electron chi connectivity index (χ1n) is 16.3. The Balaban J connectivity index is 1.69. The maximum absolute atomic E-state index is 12.9. The first kappa shape index (κ1) is 38.1. The Kier molecular flexibility index (Phi) is 20.1. The van der Waals surface area contributed by atoms with Crippen molar-refractivity contribution in [1.82, 2.24) is 16.0 Å². The van der Waals surface area contributed by atoms with Crippen LogP contribution in [0.5, 0.6) is 0 Å². The standard InChI is InChI=1S/C31H56N4O9/c1-4-25(5-2)44-27-20-23(31(38)43-6-3)19-26(30(27)34-24-9-10-24)35-29(37)22-42-21-28(36)33-12-8-14-40-16-18-41-17-15-39-13-7-11-32/h20,24-27,30,34H,4-19,21-22,32H2,1-3H3,(H,33,36)(H,35,37). The molecular weight excluding hydrogens is 572 g/mol. The summed E-state index contributed by atoms with van der Waals surface area (Å²) in [7, 11) is 0. The third kappa shape index (κ3) is 16.3. The zero-order chi connectivity index (χ0) is 32.0. The highest BCUT2D eigenvalue weighted by atomic mass is 16.5. The van der Waals surface area contributed by atoms with Crippen LogP contribution in [0.2, 0.25) is 0 Å². The summed E-state index contributed by atoms with van der Waals surface area (Å²) >= 11 is 0. The van der Waals surface area contributed by atoms with Crippen molar-refractivity contribution in [2.45, 2.75) is 96.1 Å². The van der Waals surface area contributed by atoms with E-state index >= 15 is 0 Å². The molecule has 1 saturated carbocycles. The van der Waals surface area contributed by atoms with E-state index in [0.717, 1.165) is 32.1 Å². The molecule has 5 N–H and O–H groups in total. The molecule has 0 spiro atoms. The predicted molar refractivity (Wildman–Crippen MR) is 165 cm³/mol. The fraction of sp³-hybridized carbons (Fsp3) is 0.839. The molecule has 2 aliphatic rings. The molecule has 1 fully saturated rings. The number of rotatable bonds is 26. The van der Waals surface area contributed by atoms with E-state index in [9.17, 15) is 14.4 Å². The van der Waals surface area contributed by atoms with Crippen molar-refractivity contribution in [2.24, 2.45) is 5.73 Å². The minimum absolute atomic E-state index is 0.0299. The summed E-state index contributed by atoms with van der Waals surface area (Å²) in [5.74, 6) is -1.08. The summed E-state index contributed by atoms with van der Waals surface area (Å²) in [5, 5.41) is 9.38. The van der Waals surface area contributed by atoms with Crippen LogP contribution in [0.3, 0.4) is 0 Å². The number of esters is 1. The van der Waals surface area contributed by atoms with Crippen molar-refractivity contribution >= 4 is 17.8 Å². The topological polar surface area (TPSA) is 169 Å². The minimum Gasteiger partial charge on any atom is -0.463 e. The number of amides is 2. The molecule has 2 rings (SSSR count). The van der Waals surface area contributed by atoms with Crippen LogP contribution in [0.15, 0.2) is 11.6 Å². The molecule has 0 heterocycles. The molecule has 13 nitrogen and oxygen atoms in total. The van der Waals surface area contributed by atoms with E-state index < -0.39 is 18.1 Å². The Hall–Kier alpha value is -2.13. The number of carbonyl (C=O) groups is 3. The summed E-state index contributed by atoms with van der Waals surface area (Å²) in [4.78, 5) is 37.7. The normalized spacial score (nSPS) is 19.9. The van der Waals surface area contributed by atoms with Gasteiger partial charge in [0, 0.05) is 37.8 Å². The highest BCUT2D eigenvalue weighted by molar-refractivity contribution is 5.89. The third-order valence-corrected chi connectivity index (χ3v) is 7.23. The summed E-state index contributed by atoms with van der Waals surface area (Å²) in [6, 6.07) is -0.243. The van der Waals surface area contributed by atoms with Crippen molar-refractivity contribution in [1.29, 1.82) is 0 Å². The molecule has 3 unspecified atom stereocenters. The summed E-state index contributed by atoms with van der Waals surface area (Å²) < 4.78 is 33.3. The van der Waals surface area contributed by atoms with Crippen molar-refractivity contribution < 1.29 is 42.8 Å². The van der Waals surface area contributed by atoms with Crippen LogP contribution in [-0.2, 0) is 42.8 Å². The molecule has 13 heteroatoms. The van der Waals surface area contributed by atoms with E-state index in [4.69, 9.17) is 34.2 Å². The van der Waals surface area contributed by atoms with Gasteiger partial charge in [0.2, 0.25) is 11.8 Å². The van der Waals surface area contributed by atoms with Crippen LogP contribution in [0, 0.1) is 0 Å². The molecule has 0 radical (unpaired) electrons. The summed E-state index contributed by atoms with van der Waals surface area (Å²) in [5.41, 5.74) is 5.89. The minimum atomic E-state index is -0.402. The molecule has 0 aromatic carbocycles. The molecule has 2 aliphatic carbocycles. The van der Waals surface area contributed by atoms with E-state index in [2.05, 4.69) is 29.8 Å². The van der Waals surface area contributed by atoms with Crippen LogP contribution in [0.4, 0.5) is 0 Å². The molecule has 0 aromatic rings. The van der Waals surface area contributed by atoms with Crippen LogP contribution in [-0.4, -0.2) is 121 Å². The van der Waals surface area contributed by atoms with Crippen molar-refractivity contribution in [3.63, 3.8) is 0 Å². The lowest BCUT2D eigenvalue weighted by molar-refractivity contribution is -0.140. The molecule has 44 heavy (non-hydrogen) atoms. The highest BCUT2D eigenvalue weighted by Gasteiger charge is 2.40. The molecule has 0 bridgehead atoms. The van der Waals surface area contributed by atoms with Crippen LogP contribution >= 0.6 is 0 Å². The van der Waals surface area contributed by atoms with Gasteiger partial charge in [-0.15, -0.1) is 0 Å². The SMILES string of the molecule is CCOC(=O)C1=CC(OC(CC)CC)C(NC2CC2)C(NC(=O)COCC(=O)NCCCOCCOCCOCCCN)C1. The number of nitrogens with two attached hydrogens (primary N) is 1. The van der Waals surface area contributed by atoms with E-state index in [1.54, 1.807) is 6.92 Å². The van der Waals surface area contributed by atoms with E-state index in [1.807, 2.05) is 6.08 Å². The second kappa shape index (κ2) is 23.2. The average molecular weight is 629 g/mol. The van der Waals surface area contributed by atoms with Gasteiger partial charge in [-0.3, -0.25) is 9.59 Å². The summed E-state index contributed by atoms with van der Waals surface area (Å²) in [6.45, 7) is 9.83. The number of hydrogen-bond acceptors (Lipinski definition) is 11. The van der Waals surface area contributed by atoms with Crippen LogP contribution in [0.25, 0.3) is 0 Å². The van der Waals surface area contributed by atoms with Gasteiger partial charge in [-0.2, -0.15) is 0 Å². The van der Waals surface area contributed by atoms with Crippen molar-refractivity contribution in [2.75, 3.05) is 72.6 Å². The van der Waals surface area contributed by atoms with E-state index in [0.29, 0.717) is 77.2 Å². The second-order valence-corrected chi connectivity index (χ2v) is 11.0. The lowest BCUT2D eigenvalue weighted by Crippen LogP contribution is -2.59. The monoisotopic (exact) mass is 628 g/mol. The molecule has 3 atom stereocenters. The van der Waals surface area contributed by atoms with Gasteiger partial charge in [0.1, 0.15) is 13.2 Å². The van der Waals surface area contributed by atoms with Gasteiger partial charge in [0.25, 0.3) is 0 Å². The highest BCUT2D eigenvalue weighted by Crippen LogP contribution is 2.29. The maximum atomic E-state index is 12.9. The first-order valence-corrected chi connectivity index (χ1v) is 16.3. The lowest BCUT2D eigenvalue weighted by atomic mass is 9.87. The predicted octanol–water partition coefficient (Wildman–Crippen LogP) is 0.980. The molecule has 0 saturated heterocycles. The molecule has 0 aliphatic heterocycles. The number of carbonyl (C=O) groups excluding carboxylic acids is 3. The Morgan fingerprint density at radius 3 is 2.14 bits per heavy atom. The maximum Gasteiger partial charge on any atom is 0.333 e. The van der Waals surface area contributed by atoms with Gasteiger partial charge >= 0.3 is 5.97 Å². The van der Waals surface area contributed by atoms with E-state index in [-0.39, 0.29) is 43.8 Å². The molecule has 2 amide bonds. The number of hydrogen-bond donors (Lipinski definition) is 4. The summed E-state index contributed by atoms with van der Waals surface area (Å²) in [6.07, 6.45) is 7.09. The quantitative estimate of drug-likeness (QED) is 0.0796. The van der Waals surface area contributed by atoms with Gasteiger partial charge in [-0.1, -0.05) is 13.8 Å². The Morgan fingerprint density at radius 2 is 1.52 bits per heavy atom. The third-order valence-electron chi connectivity index (χ3n) is 7.23. The van der Waals surface area contributed by atoms with Gasteiger partial charge in [-0.25, -0.2) is 4.79 Å². The van der Waals surface area contributed by atoms with Crippen LogP contribution in [0.1, 0.15) is 65.7 Å². The van der Waals surface area contributed by atoms with Gasteiger partial charge in [0.05, 0.1) is 57.3 Å². The molecule has 0 aromatic heterocycles. The van der Waals surface area contributed by atoms with Crippen molar-refractivity contribution in [3.8, 4) is 0 Å². The number of ether oxygens (including phenoxy) is 6. The zero-order valence-corrected chi connectivity index (χ0v) is 26.9.